The standard InChI is InChI=1S/C9H9BNO/c11-9(12)6-7-10-8-4-2-1-3-5-8/h1-7H,(H2,11,12). The third-order valence-corrected chi connectivity index (χ3v) is 1.35. The molecule has 1 radical (unpaired) electrons. The largest absolute Gasteiger partial charge is 0.366 e. The molecule has 0 aliphatic rings. The van der Waals surface area contributed by atoms with E-state index in [1.165, 1.54) is 6.08 Å². The second kappa shape index (κ2) is 4.39. The summed E-state index contributed by atoms with van der Waals surface area (Å²) in [6.07, 6.45) is 1.33. The molecule has 0 spiro atoms. The summed E-state index contributed by atoms with van der Waals surface area (Å²) in [5.74, 6) is 1.21. The van der Waals surface area contributed by atoms with Crippen molar-refractivity contribution in [2.45, 2.75) is 0 Å². The molecule has 0 aliphatic heterocycles. The predicted molar refractivity (Wildman–Crippen MR) is 50.2 cm³/mol. The highest BCUT2D eigenvalue weighted by atomic mass is 16.1. The minimum atomic E-state index is -0.429. The lowest BCUT2D eigenvalue weighted by Gasteiger charge is -1.91. The van der Waals surface area contributed by atoms with Crippen molar-refractivity contribution in [3.05, 3.63) is 42.4 Å². The van der Waals surface area contributed by atoms with E-state index >= 15 is 0 Å². The van der Waals surface area contributed by atoms with E-state index < -0.39 is 5.91 Å². The molecule has 1 aromatic carbocycles. The molecular weight excluding hydrogens is 149 g/mol. The Morgan fingerprint density at radius 1 is 1.33 bits per heavy atom. The highest BCUT2D eigenvalue weighted by molar-refractivity contribution is 6.58. The number of amides is 1. The fourth-order valence-corrected chi connectivity index (χ4v) is 0.818. The van der Waals surface area contributed by atoms with Crippen LogP contribution in [0.15, 0.2) is 42.4 Å². The van der Waals surface area contributed by atoms with Crippen LogP contribution in [-0.4, -0.2) is 13.2 Å². The Balaban J connectivity index is 2.49. The van der Waals surface area contributed by atoms with Crippen LogP contribution in [-0.2, 0) is 4.79 Å². The van der Waals surface area contributed by atoms with Gasteiger partial charge in [-0.1, -0.05) is 35.8 Å². The van der Waals surface area contributed by atoms with Gasteiger partial charge in [0.15, 0.2) is 7.28 Å². The van der Waals surface area contributed by atoms with E-state index in [0.29, 0.717) is 0 Å². The quantitative estimate of drug-likeness (QED) is 0.488. The van der Waals surface area contributed by atoms with Crippen molar-refractivity contribution in [2.75, 3.05) is 0 Å². The van der Waals surface area contributed by atoms with Gasteiger partial charge in [-0.2, -0.15) is 0 Å². The second-order valence-corrected chi connectivity index (χ2v) is 2.34. The summed E-state index contributed by atoms with van der Waals surface area (Å²) in [7, 11) is 1.82. The minimum Gasteiger partial charge on any atom is -0.366 e. The first-order valence-electron chi connectivity index (χ1n) is 3.65. The molecule has 0 atom stereocenters. The van der Waals surface area contributed by atoms with Crippen LogP contribution in [0.3, 0.4) is 0 Å². The maximum absolute atomic E-state index is 10.3. The molecule has 2 N–H and O–H groups in total. The first-order valence-corrected chi connectivity index (χ1v) is 3.65. The van der Waals surface area contributed by atoms with Gasteiger partial charge < -0.3 is 5.73 Å². The van der Waals surface area contributed by atoms with Crippen LogP contribution >= 0.6 is 0 Å². The van der Waals surface area contributed by atoms with Gasteiger partial charge in [-0.15, -0.1) is 5.98 Å². The Hall–Kier alpha value is -1.51. The summed E-state index contributed by atoms with van der Waals surface area (Å²) >= 11 is 0. The summed E-state index contributed by atoms with van der Waals surface area (Å²) in [6, 6.07) is 9.71. The first kappa shape index (κ1) is 8.59. The zero-order valence-electron chi connectivity index (χ0n) is 6.60. The molecule has 12 heavy (non-hydrogen) atoms. The van der Waals surface area contributed by atoms with E-state index in [0.717, 1.165) is 5.46 Å². The summed E-state index contributed by atoms with van der Waals surface area (Å²) in [4.78, 5) is 10.3. The zero-order chi connectivity index (χ0) is 8.81. The number of primary amides is 1. The van der Waals surface area contributed by atoms with Crippen molar-refractivity contribution < 1.29 is 4.79 Å². The summed E-state index contributed by atoms with van der Waals surface area (Å²) < 4.78 is 0. The van der Waals surface area contributed by atoms with Crippen LogP contribution in [0.5, 0.6) is 0 Å². The number of carbonyl (C=O) groups is 1. The van der Waals surface area contributed by atoms with Crippen molar-refractivity contribution >= 4 is 18.6 Å². The van der Waals surface area contributed by atoms with Gasteiger partial charge in [0, 0.05) is 0 Å². The van der Waals surface area contributed by atoms with E-state index in [2.05, 4.69) is 0 Å². The van der Waals surface area contributed by atoms with E-state index in [4.69, 9.17) is 5.73 Å². The third kappa shape index (κ3) is 3.06. The molecule has 3 heteroatoms. The molecule has 1 rings (SSSR count). The van der Waals surface area contributed by atoms with Gasteiger partial charge in [0.2, 0.25) is 5.91 Å². The van der Waals surface area contributed by atoms with E-state index in [9.17, 15) is 4.79 Å². The molecule has 0 aliphatic carbocycles. The molecule has 59 valence electrons. The first-order chi connectivity index (χ1) is 5.79. The maximum Gasteiger partial charge on any atom is 0.240 e. The highest BCUT2D eigenvalue weighted by Crippen LogP contribution is 1.81. The fourth-order valence-electron chi connectivity index (χ4n) is 0.818. The van der Waals surface area contributed by atoms with Crippen molar-refractivity contribution in [1.82, 2.24) is 0 Å². The number of carbonyl (C=O) groups excluding carboxylic acids is 1. The molecule has 0 saturated carbocycles. The van der Waals surface area contributed by atoms with E-state index in [1.807, 2.05) is 37.6 Å². The van der Waals surface area contributed by atoms with Crippen LogP contribution in [0.2, 0.25) is 0 Å². The van der Waals surface area contributed by atoms with Crippen LogP contribution in [0, 0.1) is 0 Å². The number of benzene rings is 1. The number of hydrogen-bond donors (Lipinski definition) is 1. The van der Waals surface area contributed by atoms with Gasteiger partial charge in [-0.05, 0) is 6.08 Å². The minimum absolute atomic E-state index is 0.429. The van der Waals surface area contributed by atoms with Crippen LogP contribution in [0.1, 0.15) is 0 Å². The molecule has 0 aromatic heterocycles. The summed E-state index contributed by atoms with van der Waals surface area (Å²) in [5, 5.41) is 0. The Morgan fingerprint density at radius 2 is 2.00 bits per heavy atom. The van der Waals surface area contributed by atoms with Crippen molar-refractivity contribution in [3.63, 3.8) is 0 Å². The molecular formula is C9H9BNO. The fraction of sp³-hybridized carbons (Fsp3) is 0. The smallest absolute Gasteiger partial charge is 0.240 e. The topological polar surface area (TPSA) is 43.1 Å². The van der Waals surface area contributed by atoms with Gasteiger partial charge in [0.1, 0.15) is 0 Å². The third-order valence-electron chi connectivity index (χ3n) is 1.35. The molecule has 0 bridgehead atoms. The monoisotopic (exact) mass is 158 g/mol. The zero-order valence-corrected chi connectivity index (χ0v) is 6.60. The van der Waals surface area contributed by atoms with Gasteiger partial charge in [-0.25, -0.2) is 0 Å². The average molecular weight is 158 g/mol. The molecule has 2 nitrogen and oxygen atoms in total. The summed E-state index contributed by atoms with van der Waals surface area (Å²) in [5.41, 5.74) is 5.96. The Kier molecular flexibility index (Phi) is 3.14. The Morgan fingerprint density at radius 3 is 2.58 bits per heavy atom. The van der Waals surface area contributed by atoms with Gasteiger partial charge >= 0.3 is 0 Å². The second-order valence-electron chi connectivity index (χ2n) is 2.34. The average Bonchev–Trinajstić information content (AvgIpc) is 2.05. The van der Waals surface area contributed by atoms with Crippen LogP contribution in [0.4, 0.5) is 0 Å². The SMILES string of the molecule is NC(=O)C=C[B]c1ccccc1. The maximum atomic E-state index is 10.3. The Bertz CT molecular complexity index is 282. The normalized spacial score (nSPS) is 10.0. The summed E-state index contributed by atoms with van der Waals surface area (Å²) in [6.45, 7) is 0. The van der Waals surface area contributed by atoms with E-state index in [1.54, 1.807) is 5.98 Å². The highest BCUT2D eigenvalue weighted by Gasteiger charge is 1.89. The molecule has 1 aromatic rings. The molecule has 1 amide bonds. The van der Waals surface area contributed by atoms with Gasteiger partial charge in [0.05, 0.1) is 0 Å². The van der Waals surface area contributed by atoms with Crippen molar-refractivity contribution in [2.24, 2.45) is 5.73 Å². The van der Waals surface area contributed by atoms with E-state index in [-0.39, 0.29) is 0 Å². The lowest BCUT2D eigenvalue weighted by atomic mass is 9.70. The lowest BCUT2D eigenvalue weighted by molar-refractivity contribution is -0.113. The molecule has 0 unspecified atom stereocenters. The lowest BCUT2D eigenvalue weighted by Crippen LogP contribution is -2.12. The van der Waals surface area contributed by atoms with Crippen LogP contribution < -0.4 is 11.2 Å². The van der Waals surface area contributed by atoms with Gasteiger partial charge in [0.25, 0.3) is 0 Å². The number of rotatable bonds is 3. The Labute approximate surface area is 72.3 Å². The molecule has 0 fully saturated rings. The van der Waals surface area contributed by atoms with Crippen molar-refractivity contribution in [3.8, 4) is 0 Å². The molecule has 0 heterocycles. The predicted octanol–water partition coefficient (Wildman–Crippen LogP) is 0.0151. The molecule has 0 saturated heterocycles. The van der Waals surface area contributed by atoms with Gasteiger partial charge in [-0.3, -0.25) is 4.79 Å². The number of nitrogens with two attached hydrogens (primary N) is 1. The number of hydrogen-bond acceptors (Lipinski definition) is 1. The van der Waals surface area contributed by atoms with Crippen molar-refractivity contribution in [1.29, 1.82) is 0 Å². The van der Waals surface area contributed by atoms with Crippen LogP contribution in [0.25, 0.3) is 0 Å².